The average molecular weight is 494 g/mol. The molecule has 0 radical (unpaired) electrons. The molecule has 1 amide bonds. The molecule has 1 atom stereocenters. The standard InChI is InChI=1S/C25H31N7O4/c1-15(2)9-11-31-20-22(28-24(31)30-10-5-8-18(26)13-30)29(3)25(36)32(23(20)35)14-19(33)16-6-4-7-17(12-16)21(27)34/h4,6-7,9,12,18H,5,8,10-11,13-14,26H2,1-3H3,(H2,27,34). The number of piperidine rings is 1. The number of fused-ring (bicyclic) bond motifs is 1. The predicted molar refractivity (Wildman–Crippen MR) is 137 cm³/mol. The molecule has 4 rings (SSSR count). The molecule has 4 N–H and O–H groups in total. The lowest BCUT2D eigenvalue weighted by Gasteiger charge is -2.31. The predicted octanol–water partition coefficient (Wildman–Crippen LogP) is 0.772. The van der Waals surface area contributed by atoms with Crippen molar-refractivity contribution in [3.8, 4) is 0 Å². The van der Waals surface area contributed by atoms with E-state index in [1.165, 1.54) is 35.9 Å². The highest BCUT2D eigenvalue weighted by Gasteiger charge is 2.26. The van der Waals surface area contributed by atoms with Gasteiger partial charge in [-0.25, -0.2) is 4.79 Å². The maximum absolute atomic E-state index is 13.7. The van der Waals surface area contributed by atoms with Crippen molar-refractivity contribution < 1.29 is 9.59 Å². The Balaban J connectivity index is 1.86. The molecule has 2 aromatic heterocycles. The first-order valence-corrected chi connectivity index (χ1v) is 11.9. The van der Waals surface area contributed by atoms with Gasteiger partial charge in [-0.15, -0.1) is 0 Å². The number of allylic oxidation sites excluding steroid dienone is 2. The summed E-state index contributed by atoms with van der Waals surface area (Å²) in [6.45, 7) is 5.14. The first kappa shape index (κ1) is 25.1. The number of rotatable bonds is 7. The summed E-state index contributed by atoms with van der Waals surface area (Å²) in [6.07, 6.45) is 3.79. The summed E-state index contributed by atoms with van der Waals surface area (Å²) in [5, 5.41) is 0. The number of aromatic nitrogens is 4. The summed E-state index contributed by atoms with van der Waals surface area (Å²) in [5.74, 6) is -0.593. The molecule has 1 unspecified atom stereocenters. The van der Waals surface area contributed by atoms with Gasteiger partial charge in [0.2, 0.25) is 11.9 Å². The van der Waals surface area contributed by atoms with Crippen LogP contribution in [0, 0.1) is 0 Å². The van der Waals surface area contributed by atoms with E-state index in [4.69, 9.17) is 16.5 Å². The summed E-state index contributed by atoms with van der Waals surface area (Å²) in [6, 6.07) is 5.88. The molecule has 190 valence electrons. The van der Waals surface area contributed by atoms with E-state index in [2.05, 4.69) is 0 Å². The molecule has 0 bridgehead atoms. The number of benzene rings is 1. The van der Waals surface area contributed by atoms with Crippen LogP contribution in [0.1, 0.15) is 47.4 Å². The summed E-state index contributed by atoms with van der Waals surface area (Å²) < 4.78 is 3.99. The lowest BCUT2D eigenvalue weighted by Crippen LogP contribution is -2.44. The number of amides is 1. The van der Waals surface area contributed by atoms with Crippen molar-refractivity contribution in [2.24, 2.45) is 18.5 Å². The second-order valence-corrected chi connectivity index (χ2v) is 9.43. The number of carbonyl (C=O) groups is 2. The molecule has 0 aliphatic carbocycles. The number of Topliss-reactive ketones (excluding diaryl/α,β-unsaturated/α-hetero) is 1. The maximum atomic E-state index is 13.7. The number of hydrogen-bond donors (Lipinski definition) is 2. The first-order chi connectivity index (χ1) is 17.1. The third-order valence-electron chi connectivity index (χ3n) is 6.41. The van der Waals surface area contributed by atoms with Crippen LogP contribution < -0.4 is 27.6 Å². The minimum absolute atomic E-state index is 0.00951. The molecule has 1 aliphatic rings. The highest BCUT2D eigenvalue weighted by Crippen LogP contribution is 2.23. The van der Waals surface area contributed by atoms with Gasteiger partial charge in [-0.3, -0.25) is 23.5 Å². The van der Waals surface area contributed by atoms with E-state index in [1.54, 1.807) is 4.57 Å². The maximum Gasteiger partial charge on any atom is 0.332 e. The minimum Gasteiger partial charge on any atom is -0.366 e. The molecule has 11 nitrogen and oxygen atoms in total. The molecule has 3 heterocycles. The zero-order valence-corrected chi connectivity index (χ0v) is 20.7. The van der Waals surface area contributed by atoms with Gasteiger partial charge in [0.05, 0.1) is 6.54 Å². The Bertz CT molecular complexity index is 1490. The average Bonchev–Trinajstić information content (AvgIpc) is 3.23. The SMILES string of the molecule is CC(C)=CCn1c(N2CCCC(N)C2)nc2c1c(=O)n(CC(=O)c1cccc(C(N)=O)c1)c(=O)n2C. The number of nitrogens with two attached hydrogens (primary N) is 2. The van der Waals surface area contributed by atoms with Gasteiger partial charge in [0, 0.05) is 43.9 Å². The van der Waals surface area contributed by atoms with Crippen LogP contribution in [0.15, 0.2) is 45.5 Å². The van der Waals surface area contributed by atoms with E-state index in [1.807, 2.05) is 24.8 Å². The van der Waals surface area contributed by atoms with Crippen molar-refractivity contribution in [2.45, 2.75) is 45.8 Å². The zero-order valence-electron chi connectivity index (χ0n) is 20.7. The van der Waals surface area contributed by atoms with Crippen LogP contribution in [0.3, 0.4) is 0 Å². The van der Waals surface area contributed by atoms with Crippen molar-refractivity contribution in [1.29, 1.82) is 0 Å². The van der Waals surface area contributed by atoms with Crippen LogP contribution in [0.4, 0.5) is 5.95 Å². The van der Waals surface area contributed by atoms with Gasteiger partial charge >= 0.3 is 5.69 Å². The van der Waals surface area contributed by atoms with Gasteiger partial charge < -0.3 is 20.9 Å². The summed E-state index contributed by atoms with van der Waals surface area (Å²) in [4.78, 5) is 58.1. The number of carbonyl (C=O) groups excluding carboxylic acids is 2. The van der Waals surface area contributed by atoms with Gasteiger partial charge in [-0.2, -0.15) is 4.98 Å². The van der Waals surface area contributed by atoms with Crippen LogP contribution in [-0.4, -0.2) is 49.5 Å². The molecule has 3 aromatic rings. The molecule has 1 saturated heterocycles. The Kier molecular flexibility index (Phi) is 6.93. The third-order valence-corrected chi connectivity index (χ3v) is 6.41. The van der Waals surface area contributed by atoms with Crippen LogP contribution >= 0.6 is 0 Å². The zero-order chi connectivity index (χ0) is 26.1. The first-order valence-electron chi connectivity index (χ1n) is 11.9. The number of imidazole rings is 1. The van der Waals surface area contributed by atoms with E-state index in [0.29, 0.717) is 19.0 Å². The number of ketones is 1. The van der Waals surface area contributed by atoms with Crippen LogP contribution in [0.25, 0.3) is 11.2 Å². The third kappa shape index (κ3) is 4.74. The second kappa shape index (κ2) is 9.94. The monoisotopic (exact) mass is 493 g/mol. The fourth-order valence-corrected chi connectivity index (χ4v) is 4.46. The van der Waals surface area contributed by atoms with Gasteiger partial charge in [0.25, 0.3) is 5.56 Å². The van der Waals surface area contributed by atoms with Gasteiger partial charge in [0.15, 0.2) is 16.9 Å². The Morgan fingerprint density at radius 1 is 1.17 bits per heavy atom. The second-order valence-electron chi connectivity index (χ2n) is 9.43. The number of primary amides is 1. The van der Waals surface area contributed by atoms with Crippen molar-refractivity contribution in [3.63, 3.8) is 0 Å². The molecule has 36 heavy (non-hydrogen) atoms. The minimum atomic E-state index is -0.674. The van der Waals surface area contributed by atoms with Crippen molar-refractivity contribution in [3.05, 3.63) is 67.9 Å². The van der Waals surface area contributed by atoms with Crippen LogP contribution in [-0.2, 0) is 20.1 Å². The number of anilines is 1. The van der Waals surface area contributed by atoms with E-state index in [9.17, 15) is 19.2 Å². The van der Waals surface area contributed by atoms with Crippen LogP contribution in [0.5, 0.6) is 0 Å². The molecular formula is C25H31N7O4. The Hall–Kier alpha value is -3.99. The fraction of sp³-hybridized carbons (Fsp3) is 0.400. The normalized spacial score (nSPS) is 15.8. The van der Waals surface area contributed by atoms with Gasteiger partial charge in [-0.1, -0.05) is 23.8 Å². The molecule has 1 aliphatic heterocycles. The number of nitrogens with zero attached hydrogens (tertiary/aromatic N) is 5. The topological polar surface area (TPSA) is 151 Å². The van der Waals surface area contributed by atoms with E-state index < -0.39 is 29.5 Å². The van der Waals surface area contributed by atoms with Gasteiger partial charge in [0.1, 0.15) is 0 Å². The molecular weight excluding hydrogens is 462 g/mol. The lowest BCUT2D eigenvalue weighted by molar-refractivity contribution is 0.0969. The van der Waals surface area contributed by atoms with Crippen molar-refractivity contribution in [1.82, 2.24) is 18.7 Å². The van der Waals surface area contributed by atoms with Gasteiger partial charge in [-0.05, 0) is 38.8 Å². The Morgan fingerprint density at radius 3 is 2.56 bits per heavy atom. The molecule has 11 heteroatoms. The van der Waals surface area contributed by atoms with Crippen LogP contribution in [0.2, 0.25) is 0 Å². The Labute approximate surface area is 207 Å². The smallest absolute Gasteiger partial charge is 0.332 e. The fourth-order valence-electron chi connectivity index (χ4n) is 4.46. The number of aryl methyl sites for hydroxylation is 1. The molecule has 0 saturated carbocycles. The van der Waals surface area contributed by atoms with E-state index in [-0.39, 0.29) is 28.3 Å². The lowest BCUT2D eigenvalue weighted by atomic mass is 10.1. The molecule has 0 spiro atoms. The quantitative estimate of drug-likeness (QED) is 0.364. The Morgan fingerprint density at radius 2 is 1.89 bits per heavy atom. The largest absolute Gasteiger partial charge is 0.366 e. The molecule has 1 aromatic carbocycles. The molecule has 1 fully saturated rings. The van der Waals surface area contributed by atoms with Crippen molar-refractivity contribution >= 4 is 28.8 Å². The highest BCUT2D eigenvalue weighted by atomic mass is 16.2. The summed E-state index contributed by atoms with van der Waals surface area (Å²) in [5.41, 5.74) is 12.2. The van der Waals surface area contributed by atoms with E-state index >= 15 is 0 Å². The summed E-state index contributed by atoms with van der Waals surface area (Å²) in [7, 11) is 1.53. The van der Waals surface area contributed by atoms with E-state index in [0.717, 1.165) is 29.5 Å². The van der Waals surface area contributed by atoms with Crippen molar-refractivity contribution in [2.75, 3.05) is 18.0 Å². The highest BCUT2D eigenvalue weighted by molar-refractivity contribution is 6.00. The number of hydrogen-bond acceptors (Lipinski definition) is 7. The summed E-state index contributed by atoms with van der Waals surface area (Å²) >= 11 is 0.